The molecule has 26 heteroatoms. The first-order valence-electron chi connectivity index (χ1n) is 27.9. The molecule has 76 heavy (non-hydrogen) atoms. The van der Waals surface area contributed by atoms with E-state index in [-0.39, 0.29) is 55.5 Å². The summed E-state index contributed by atoms with van der Waals surface area (Å²) in [5.74, 6) is -3.97. The Bertz CT molecular complexity index is 2110. The number of likely N-dealkylation sites (tertiary alicyclic amines) is 2. The minimum atomic E-state index is -2.65. The van der Waals surface area contributed by atoms with Crippen molar-refractivity contribution in [2.45, 2.75) is 205 Å². The molecule has 0 spiro atoms. The van der Waals surface area contributed by atoms with Crippen molar-refractivity contribution in [1.29, 1.82) is 0 Å². The van der Waals surface area contributed by atoms with Crippen molar-refractivity contribution in [3.8, 4) is 0 Å². The summed E-state index contributed by atoms with van der Waals surface area (Å²) in [6, 6.07) is 1.05. The fourth-order valence-corrected chi connectivity index (χ4v) is 48.8. The fourth-order valence-electron chi connectivity index (χ4n) is 12.8. The highest BCUT2D eigenvalue weighted by Crippen LogP contribution is 2.54. The van der Waals surface area contributed by atoms with E-state index in [9.17, 15) is 28.8 Å². The van der Waals surface area contributed by atoms with Crippen molar-refractivity contribution in [2.24, 2.45) is 23.7 Å². The Labute approximate surface area is 462 Å². The third-order valence-corrected chi connectivity index (χ3v) is 41.4. The number of rotatable bonds is 31. The maximum absolute atomic E-state index is 14.1. The number of fused-ring (bicyclic) bond motifs is 10. The molecule has 6 aliphatic heterocycles. The van der Waals surface area contributed by atoms with E-state index in [0.717, 1.165) is 12.5 Å². The molecule has 0 aromatic carbocycles. The van der Waals surface area contributed by atoms with Crippen LogP contribution in [0.5, 0.6) is 0 Å². The highest BCUT2D eigenvalue weighted by molar-refractivity contribution is 6.90. The molecule has 4 unspecified atom stereocenters. The molecule has 6 amide bonds. The molecule has 4 saturated heterocycles. The summed E-state index contributed by atoms with van der Waals surface area (Å²) >= 11 is 0. The van der Waals surface area contributed by atoms with Crippen LogP contribution in [-0.2, 0) is 58.1 Å². The van der Waals surface area contributed by atoms with Gasteiger partial charge in [0.2, 0.25) is 23.6 Å². The first-order valence-corrected chi connectivity index (χ1v) is 52.2. The Morgan fingerprint density at radius 2 is 0.934 bits per heavy atom. The molecule has 430 valence electrons. The van der Waals surface area contributed by atoms with Crippen molar-refractivity contribution in [3.05, 3.63) is 24.3 Å². The largest absolute Gasteiger partial charge is 0.437 e. The molecule has 0 aliphatic carbocycles. The lowest BCUT2D eigenvalue weighted by Crippen LogP contribution is -2.57. The summed E-state index contributed by atoms with van der Waals surface area (Å²) in [7, 11) is -17.7. The third kappa shape index (κ3) is 16.0. The first kappa shape index (κ1) is 63.3. The zero-order valence-electron chi connectivity index (χ0n) is 49.3. The lowest BCUT2D eigenvalue weighted by molar-refractivity contribution is -0.147. The van der Waals surface area contributed by atoms with E-state index in [1.165, 1.54) is 9.80 Å². The minimum Gasteiger partial charge on any atom is -0.437 e. The van der Waals surface area contributed by atoms with Crippen LogP contribution in [0.3, 0.4) is 0 Å². The van der Waals surface area contributed by atoms with Crippen molar-refractivity contribution >= 4 is 103 Å². The fraction of sp³-hybridized carbons (Fsp3) is 0.800. The Hall–Kier alpha value is -1.88. The van der Waals surface area contributed by atoms with Crippen LogP contribution in [-0.4, -0.2) is 162 Å². The summed E-state index contributed by atoms with van der Waals surface area (Å²) in [5, 5.41) is 5.85. The molecule has 0 aromatic heterocycles. The number of nitrogens with one attached hydrogen (secondary N) is 2. The summed E-state index contributed by atoms with van der Waals surface area (Å²) in [4.78, 5) is 84.9. The van der Waals surface area contributed by atoms with Gasteiger partial charge in [0.15, 0.2) is 33.3 Å². The highest BCUT2D eigenvalue weighted by atomic mass is 28.5. The van der Waals surface area contributed by atoms with Crippen LogP contribution in [0.15, 0.2) is 24.3 Å². The van der Waals surface area contributed by atoms with Crippen molar-refractivity contribution < 1.29 is 62.9 Å². The molecular weight excluding hydrogens is 1110 g/mol. The molecule has 2 N–H and O–H groups in total. The Morgan fingerprint density at radius 1 is 0.513 bits per heavy atom. The van der Waals surface area contributed by atoms with Gasteiger partial charge in [-0.15, -0.1) is 0 Å². The van der Waals surface area contributed by atoms with Crippen molar-refractivity contribution in [3.63, 3.8) is 0 Å². The number of nitrogens with zero attached hydrogens (tertiary/aromatic N) is 2. The Morgan fingerprint density at radius 3 is 1.39 bits per heavy atom. The lowest BCUT2D eigenvalue weighted by Gasteiger charge is -2.41. The first-order chi connectivity index (χ1) is 34.7. The number of amides is 6. The number of imide groups is 2. The van der Waals surface area contributed by atoms with Crippen LogP contribution in [0.2, 0.25) is 130 Å². The van der Waals surface area contributed by atoms with Gasteiger partial charge in [0, 0.05) is 32.5 Å². The third-order valence-electron chi connectivity index (χ3n) is 14.3. The molecule has 6 rings (SSSR count). The van der Waals surface area contributed by atoms with Gasteiger partial charge < -0.3 is 44.8 Å². The molecule has 6 heterocycles. The second kappa shape index (κ2) is 23.2. The van der Waals surface area contributed by atoms with Crippen molar-refractivity contribution in [1.82, 2.24) is 20.4 Å². The monoisotopic (exact) mass is 1200 g/mol. The van der Waals surface area contributed by atoms with Gasteiger partial charge in [0.25, 0.3) is 0 Å². The van der Waals surface area contributed by atoms with E-state index >= 15 is 0 Å². The normalized spacial score (nSPS) is 28.9. The van der Waals surface area contributed by atoms with Gasteiger partial charge >= 0.3 is 40.3 Å². The average Bonchev–Trinajstić information content (AvgIpc) is 4.07. The maximum atomic E-state index is 14.1. The second-order valence-electron chi connectivity index (χ2n) is 27.3. The highest BCUT2D eigenvalue weighted by Gasteiger charge is 2.69. The number of urea groups is 1. The molecule has 6 aliphatic rings. The zero-order valence-corrected chi connectivity index (χ0v) is 57.3. The molecule has 0 aromatic rings. The van der Waals surface area contributed by atoms with Gasteiger partial charge in [-0.2, -0.15) is 0 Å². The summed E-state index contributed by atoms with van der Waals surface area (Å²) in [6.45, 7) is 39.3. The predicted octanol–water partition coefficient (Wildman–Crippen LogP) is 8.58. The average molecular weight is 1200 g/mol. The smallest absolute Gasteiger partial charge is 0.315 e. The van der Waals surface area contributed by atoms with Crippen LogP contribution < -0.4 is 10.6 Å². The Balaban J connectivity index is 0.942. The van der Waals surface area contributed by atoms with Crippen LogP contribution in [0.4, 0.5) is 4.79 Å². The summed E-state index contributed by atoms with van der Waals surface area (Å²) < 4.78 is 52.7. The topological polar surface area (TPSA) is 207 Å². The van der Waals surface area contributed by atoms with Gasteiger partial charge in [-0.1, -0.05) is 30.7 Å². The molecule has 4 fully saturated rings. The second-order valence-corrected chi connectivity index (χ2v) is 60.2. The van der Waals surface area contributed by atoms with E-state index in [1.807, 2.05) is 12.2 Å². The van der Waals surface area contributed by atoms with E-state index in [4.69, 9.17) is 34.2 Å². The number of hydrogen-bond donors (Lipinski definition) is 2. The number of unbranched alkanes of at least 4 members (excludes halogenated alkanes) is 2. The van der Waals surface area contributed by atoms with Crippen LogP contribution in [0, 0.1) is 23.7 Å². The number of carbonyl (C=O) groups is 6. The lowest BCUT2D eigenvalue weighted by atomic mass is 9.74. The molecule has 0 radical (unpaired) electrons. The number of Topliss-reactive ketones (excluding diaryl/α,β-unsaturated/α-hetero) is 1. The number of ketones is 1. The summed E-state index contributed by atoms with van der Waals surface area (Å²) in [5.41, 5.74) is -2.17. The van der Waals surface area contributed by atoms with E-state index in [1.54, 1.807) is 12.2 Å². The quantitative estimate of drug-likeness (QED) is 0.0289. The SMILES string of the molecule is C[Si](C)(C)O[Si](C)(C)O[Si@](C)(CCCCC(=O)CC[C@@]12C=C[C@@H](O1)C1C(=O)N(CCCCN3C(=O)C4C(C3=O)[C@]3(CNC(=O)NCCC[Si@](C)(O[Si](C)(C)C)O[Si](C)(C)O[Si](C)(C)C)C=C[C@H]4O3)C(=O)C12)O[Si](C)(C)C. The van der Waals surface area contributed by atoms with Gasteiger partial charge in [-0.25, -0.2) is 4.79 Å². The Kier molecular flexibility index (Phi) is 19.3. The number of carbonyl (C=O) groups excluding carboxylic acids is 6. The molecular formula is C50H94N4O14Si8. The van der Waals surface area contributed by atoms with E-state index < -0.39 is 121 Å². The maximum Gasteiger partial charge on any atom is 0.315 e. The number of hydrogen-bond acceptors (Lipinski definition) is 14. The summed E-state index contributed by atoms with van der Waals surface area (Å²) in [6.07, 6.45) is 10.1. The van der Waals surface area contributed by atoms with Gasteiger partial charge in [0.05, 0.1) is 42.4 Å². The predicted molar refractivity (Wildman–Crippen MR) is 312 cm³/mol. The molecule has 4 bridgehead atoms. The van der Waals surface area contributed by atoms with E-state index in [0.29, 0.717) is 51.1 Å². The number of ether oxygens (including phenoxy) is 2. The van der Waals surface area contributed by atoms with Crippen LogP contribution in [0.1, 0.15) is 51.4 Å². The minimum absolute atomic E-state index is 0.0133. The van der Waals surface area contributed by atoms with Gasteiger partial charge in [-0.05, 0) is 162 Å². The van der Waals surface area contributed by atoms with Crippen molar-refractivity contribution in [2.75, 3.05) is 26.2 Å². The zero-order chi connectivity index (χ0) is 56.9. The van der Waals surface area contributed by atoms with Gasteiger partial charge in [0.1, 0.15) is 17.0 Å². The van der Waals surface area contributed by atoms with Crippen LogP contribution in [0.25, 0.3) is 0 Å². The van der Waals surface area contributed by atoms with Crippen LogP contribution >= 0.6 is 0 Å². The molecule has 18 nitrogen and oxygen atoms in total. The molecule has 10 atom stereocenters. The van der Waals surface area contributed by atoms with Gasteiger partial charge in [-0.3, -0.25) is 33.8 Å². The molecule has 0 saturated carbocycles. The van der Waals surface area contributed by atoms with E-state index in [2.05, 4.69) is 128 Å². The standard InChI is InChI=1S/C50H94N4O14Si8/c1-69(2,3)63-73(13,14)67-75(17,65-71(7,8)9)34-22-19-24-37(55)25-28-49-29-26-38(61-49)40-42(49)46(58)53(44(40)56)32-20-21-33-54-45(57)41-39-27-30-50(62-39,43(41)47(54)59)36-52-48(60)51-31-23-35-76(18,66-72(10,11)12)68-74(15,16)64-70(4,5)6/h26-27,29-30,38-43H,19-25,28,31-36H2,1-18H3,(H2,51,52,60)/t38-,39-,40?,41?,42?,43?,49+,50-,75-,76-/m1/s1.